The first kappa shape index (κ1) is 18.4. The minimum Gasteiger partial charge on any atom is -0.480 e. The number of aliphatic carboxylic acids is 1. The molecule has 4 heteroatoms. The number of nitrogens with two attached hydrogens (primary N) is 1. The predicted molar refractivity (Wildman–Crippen MR) is 87.3 cm³/mol. The summed E-state index contributed by atoms with van der Waals surface area (Å²) >= 11 is 0. The Hall–Kier alpha value is -0.610. The van der Waals surface area contributed by atoms with Gasteiger partial charge in [0.05, 0.1) is 0 Å². The van der Waals surface area contributed by atoms with Crippen LogP contribution >= 0.6 is 0 Å². The predicted octanol–water partition coefficient (Wildman–Crippen LogP) is 3.11. The Morgan fingerprint density at radius 1 is 1.29 bits per heavy atom. The van der Waals surface area contributed by atoms with Crippen molar-refractivity contribution in [3.8, 4) is 0 Å². The summed E-state index contributed by atoms with van der Waals surface area (Å²) in [5.74, 6) is -0.0700. The molecule has 0 aliphatic carbocycles. The van der Waals surface area contributed by atoms with Gasteiger partial charge < -0.3 is 15.7 Å². The van der Waals surface area contributed by atoms with Crippen LogP contribution in [0.4, 0.5) is 0 Å². The van der Waals surface area contributed by atoms with Crippen molar-refractivity contribution in [2.45, 2.75) is 71.8 Å². The molecular formula is C17H34N2O2. The van der Waals surface area contributed by atoms with Gasteiger partial charge in [-0.15, -0.1) is 0 Å². The lowest BCUT2D eigenvalue weighted by atomic mass is 9.77. The molecule has 1 saturated heterocycles. The number of likely N-dealkylation sites (tertiary alicyclic amines) is 1. The summed E-state index contributed by atoms with van der Waals surface area (Å²) in [6.07, 6.45) is 5.75. The lowest BCUT2D eigenvalue weighted by molar-refractivity contribution is -0.143. The fraction of sp³-hybridized carbons (Fsp3) is 0.941. The van der Waals surface area contributed by atoms with Crippen molar-refractivity contribution in [2.75, 3.05) is 19.6 Å². The summed E-state index contributed by atoms with van der Waals surface area (Å²) in [7, 11) is 0. The van der Waals surface area contributed by atoms with E-state index in [0.717, 1.165) is 32.0 Å². The first-order valence-electron chi connectivity index (χ1n) is 8.43. The molecule has 1 fully saturated rings. The maximum Gasteiger partial charge on any atom is 0.323 e. The molecule has 0 saturated carbocycles. The van der Waals surface area contributed by atoms with E-state index in [1.54, 1.807) is 0 Å². The van der Waals surface area contributed by atoms with Crippen molar-refractivity contribution in [3.05, 3.63) is 0 Å². The smallest absolute Gasteiger partial charge is 0.323 e. The second kappa shape index (κ2) is 7.59. The third-order valence-electron chi connectivity index (χ3n) is 5.20. The highest BCUT2D eigenvalue weighted by atomic mass is 16.4. The van der Waals surface area contributed by atoms with Gasteiger partial charge in [-0.25, -0.2) is 0 Å². The zero-order valence-corrected chi connectivity index (χ0v) is 14.3. The second-order valence-electron chi connectivity index (χ2n) is 7.75. The van der Waals surface area contributed by atoms with E-state index >= 15 is 0 Å². The SMILES string of the molecule is CCC(N)(CCCN1CCCC(C(C)(C)C)CC1)C(=O)O. The summed E-state index contributed by atoms with van der Waals surface area (Å²) in [5, 5.41) is 9.20. The summed E-state index contributed by atoms with van der Waals surface area (Å²) in [6.45, 7) is 12.1. The highest BCUT2D eigenvalue weighted by molar-refractivity contribution is 5.78. The normalized spacial score (nSPS) is 24.3. The van der Waals surface area contributed by atoms with Crippen LogP contribution in [0.1, 0.15) is 66.2 Å². The van der Waals surface area contributed by atoms with Crippen molar-refractivity contribution < 1.29 is 9.90 Å². The molecule has 1 heterocycles. The Kier molecular flexibility index (Phi) is 6.67. The Balaban J connectivity index is 2.39. The molecule has 0 bridgehead atoms. The van der Waals surface area contributed by atoms with E-state index in [2.05, 4.69) is 25.7 Å². The van der Waals surface area contributed by atoms with E-state index in [0.29, 0.717) is 18.3 Å². The second-order valence-corrected chi connectivity index (χ2v) is 7.75. The number of carbonyl (C=O) groups is 1. The van der Waals surface area contributed by atoms with Crippen LogP contribution in [-0.2, 0) is 4.79 Å². The maximum absolute atomic E-state index is 11.2. The lowest BCUT2D eigenvalue weighted by Crippen LogP contribution is -2.47. The minimum atomic E-state index is -1.04. The van der Waals surface area contributed by atoms with Crippen LogP contribution in [0, 0.1) is 11.3 Å². The van der Waals surface area contributed by atoms with Crippen LogP contribution < -0.4 is 5.73 Å². The van der Waals surface area contributed by atoms with Crippen molar-refractivity contribution >= 4 is 5.97 Å². The number of nitrogens with zero attached hydrogens (tertiary/aromatic N) is 1. The largest absolute Gasteiger partial charge is 0.480 e. The topological polar surface area (TPSA) is 66.6 Å². The van der Waals surface area contributed by atoms with E-state index < -0.39 is 11.5 Å². The summed E-state index contributed by atoms with van der Waals surface area (Å²) in [4.78, 5) is 13.7. The third-order valence-corrected chi connectivity index (χ3v) is 5.20. The molecule has 1 aliphatic rings. The van der Waals surface area contributed by atoms with Crippen LogP contribution in [0.25, 0.3) is 0 Å². The minimum absolute atomic E-state index is 0.397. The van der Waals surface area contributed by atoms with E-state index in [4.69, 9.17) is 5.73 Å². The average molecular weight is 298 g/mol. The fourth-order valence-corrected chi connectivity index (χ4v) is 3.30. The van der Waals surface area contributed by atoms with Gasteiger partial charge in [-0.2, -0.15) is 0 Å². The quantitative estimate of drug-likeness (QED) is 0.790. The van der Waals surface area contributed by atoms with E-state index in [1.807, 2.05) is 6.92 Å². The highest BCUT2D eigenvalue weighted by Crippen LogP contribution is 2.34. The summed E-state index contributed by atoms with van der Waals surface area (Å²) in [6, 6.07) is 0. The van der Waals surface area contributed by atoms with Gasteiger partial charge in [0.1, 0.15) is 5.54 Å². The van der Waals surface area contributed by atoms with Crippen LogP contribution in [0.15, 0.2) is 0 Å². The van der Waals surface area contributed by atoms with Crippen LogP contribution in [-0.4, -0.2) is 41.1 Å². The van der Waals surface area contributed by atoms with E-state index in [-0.39, 0.29) is 0 Å². The molecule has 21 heavy (non-hydrogen) atoms. The van der Waals surface area contributed by atoms with Gasteiger partial charge >= 0.3 is 5.97 Å². The molecule has 0 amide bonds. The molecule has 0 radical (unpaired) electrons. The molecule has 4 nitrogen and oxygen atoms in total. The number of hydrogen-bond donors (Lipinski definition) is 2. The fourth-order valence-electron chi connectivity index (χ4n) is 3.30. The average Bonchev–Trinajstić information content (AvgIpc) is 2.63. The first-order valence-corrected chi connectivity index (χ1v) is 8.43. The van der Waals surface area contributed by atoms with E-state index in [1.165, 1.54) is 19.3 Å². The molecule has 1 aliphatic heterocycles. The van der Waals surface area contributed by atoms with Gasteiger partial charge in [0.25, 0.3) is 0 Å². The molecule has 124 valence electrons. The maximum atomic E-state index is 11.2. The van der Waals surface area contributed by atoms with Crippen molar-refractivity contribution in [1.29, 1.82) is 0 Å². The molecule has 0 spiro atoms. The molecule has 2 unspecified atom stereocenters. The Morgan fingerprint density at radius 3 is 2.48 bits per heavy atom. The Bertz CT molecular complexity index is 338. The van der Waals surface area contributed by atoms with Crippen LogP contribution in [0.3, 0.4) is 0 Å². The molecule has 3 N–H and O–H groups in total. The molecular weight excluding hydrogens is 264 g/mol. The molecule has 0 aromatic carbocycles. The lowest BCUT2D eigenvalue weighted by Gasteiger charge is -2.30. The Morgan fingerprint density at radius 2 is 1.95 bits per heavy atom. The van der Waals surface area contributed by atoms with Crippen molar-refractivity contribution in [3.63, 3.8) is 0 Å². The summed E-state index contributed by atoms with van der Waals surface area (Å²) < 4.78 is 0. The molecule has 0 aromatic heterocycles. The Labute approximate surface area is 130 Å². The first-order chi connectivity index (χ1) is 9.69. The summed E-state index contributed by atoms with van der Waals surface area (Å²) in [5.41, 5.74) is 5.30. The monoisotopic (exact) mass is 298 g/mol. The molecule has 1 rings (SSSR count). The van der Waals surface area contributed by atoms with Gasteiger partial charge in [0.2, 0.25) is 0 Å². The van der Waals surface area contributed by atoms with Gasteiger partial charge in [-0.05, 0) is 69.5 Å². The third kappa shape index (κ3) is 5.59. The zero-order chi connectivity index (χ0) is 16.1. The van der Waals surface area contributed by atoms with Gasteiger partial charge in [-0.1, -0.05) is 27.7 Å². The van der Waals surface area contributed by atoms with Crippen LogP contribution in [0.2, 0.25) is 0 Å². The molecule has 0 aromatic rings. The number of carboxylic acids is 1. The van der Waals surface area contributed by atoms with Gasteiger partial charge in [0.15, 0.2) is 0 Å². The van der Waals surface area contributed by atoms with Gasteiger partial charge in [0, 0.05) is 0 Å². The number of hydrogen-bond acceptors (Lipinski definition) is 3. The van der Waals surface area contributed by atoms with E-state index in [9.17, 15) is 9.90 Å². The molecule has 2 atom stereocenters. The highest BCUT2D eigenvalue weighted by Gasteiger charge is 2.31. The number of carboxylic acid groups (broad SMARTS) is 1. The van der Waals surface area contributed by atoms with Crippen molar-refractivity contribution in [1.82, 2.24) is 4.90 Å². The van der Waals surface area contributed by atoms with Crippen molar-refractivity contribution in [2.24, 2.45) is 17.1 Å². The standard InChI is InChI=1S/C17H34N2O2/c1-5-17(18,15(20)21)10-7-12-19-11-6-8-14(9-13-19)16(2,3)4/h14H,5-13,18H2,1-4H3,(H,20,21). The zero-order valence-electron chi connectivity index (χ0n) is 14.3. The van der Waals surface area contributed by atoms with Gasteiger partial charge in [-0.3, -0.25) is 4.79 Å². The number of rotatable bonds is 6. The van der Waals surface area contributed by atoms with Crippen LogP contribution in [0.5, 0.6) is 0 Å².